The van der Waals surface area contributed by atoms with Gasteiger partial charge in [-0.15, -0.1) is 0 Å². The van der Waals surface area contributed by atoms with Crippen molar-refractivity contribution in [2.45, 2.75) is 0 Å². The molecule has 0 aliphatic carbocycles. The molecule has 1 aromatic heterocycles. The van der Waals surface area contributed by atoms with Crippen LogP contribution >= 0.6 is 0 Å². The maximum atomic E-state index is 12.4. The quantitative estimate of drug-likeness (QED) is 0.858. The molecule has 3 rings (SSSR count). The van der Waals surface area contributed by atoms with Gasteiger partial charge in [0.25, 0.3) is 5.91 Å². The van der Waals surface area contributed by atoms with Crippen molar-refractivity contribution in [3.63, 3.8) is 0 Å². The molecule has 1 aliphatic rings. The maximum absolute atomic E-state index is 12.4. The van der Waals surface area contributed by atoms with Gasteiger partial charge >= 0.3 is 5.97 Å². The molecular formula is C18H19N3O4. The number of hydrogen-bond donors (Lipinski definition) is 1. The van der Waals surface area contributed by atoms with E-state index < -0.39 is 5.97 Å². The van der Waals surface area contributed by atoms with Gasteiger partial charge in [-0.2, -0.15) is 0 Å². The van der Waals surface area contributed by atoms with Crippen molar-refractivity contribution >= 4 is 23.3 Å². The van der Waals surface area contributed by atoms with Crippen LogP contribution in [0.4, 0.5) is 11.4 Å². The zero-order valence-corrected chi connectivity index (χ0v) is 13.9. The number of nitrogens with zero attached hydrogens (tertiary/aromatic N) is 2. The summed E-state index contributed by atoms with van der Waals surface area (Å²) in [5.74, 6) is -0.490. The Morgan fingerprint density at radius 3 is 2.64 bits per heavy atom. The van der Waals surface area contributed by atoms with Crippen molar-refractivity contribution in [3.8, 4) is 0 Å². The van der Waals surface area contributed by atoms with Crippen LogP contribution in [0.15, 0.2) is 42.6 Å². The van der Waals surface area contributed by atoms with E-state index in [9.17, 15) is 9.59 Å². The van der Waals surface area contributed by atoms with Crippen molar-refractivity contribution < 1.29 is 19.1 Å². The third-order valence-corrected chi connectivity index (χ3v) is 3.85. The van der Waals surface area contributed by atoms with E-state index in [1.165, 1.54) is 7.11 Å². The first kappa shape index (κ1) is 16.9. The molecule has 0 atom stereocenters. The molecule has 2 aromatic rings. The Kier molecular flexibility index (Phi) is 5.25. The highest BCUT2D eigenvalue weighted by Gasteiger charge is 2.19. The van der Waals surface area contributed by atoms with Crippen LogP contribution in [-0.4, -0.2) is 55.2 Å². The van der Waals surface area contributed by atoms with E-state index >= 15 is 0 Å². The smallest absolute Gasteiger partial charge is 0.337 e. The molecule has 25 heavy (non-hydrogen) atoms. The molecule has 0 unspecified atom stereocenters. The van der Waals surface area contributed by atoms with Gasteiger partial charge in [0.1, 0.15) is 5.69 Å². The summed E-state index contributed by atoms with van der Waals surface area (Å²) >= 11 is 0. The van der Waals surface area contributed by atoms with Gasteiger partial charge in [0.05, 0.1) is 37.8 Å². The number of anilines is 2. The number of amides is 1. The predicted octanol–water partition coefficient (Wildman–Crippen LogP) is 2.08. The molecule has 0 radical (unpaired) electrons. The number of esters is 1. The van der Waals surface area contributed by atoms with E-state index in [1.54, 1.807) is 41.4 Å². The highest BCUT2D eigenvalue weighted by molar-refractivity contribution is 5.93. The Morgan fingerprint density at radius 1 is 1.16 bits per heavy atom. The van der Waals surface area contributed by atoms with E-state index in [-0.39, 0.29) is 5.91 Å². The zero-order valence-electron chi connectivity index (χ0n) is 13.9. The summed E-state index contributed by atoms with van der Waals surface area (Å²) in [7, 11) is 1.34. The summed E-state index contributed by atoms with van der Waals surface area (Å²) in [5.41, 5.74) is 2.31. The number of rotatable bonds is 4. The third kappa shape index (κ3) is 4.13. The number of nitrogens with one attached hydrogen (secondary N) is 1. The van der Waals surface area contributed by atoms with Gasteiger partial charge < -0.3 is 19.7 Å². The summed E-state index contributed by atoms with van der Waals surface area (Å²) in [6.07, 6.45) is 1.60. The lowest BCUT2D eigenvalue weighted by Crippen LogP contribution is -2.41. The lowest BCUT2D eigenvalue weighted by molar-refractivity contribution is 0.0299. The van der Waals surface area contributed by atoms with Crippen LogP contribution in [0.25, 0.3) is 0 Å². The second kappa shape index (κ2) is 7.76. The van der Waals surface area contributed by atoms with Crippen molar-refractivity contribution in [2.75, 3.05) is 38.7 Å². The fourth-order valence-electron chi connectivity index (χ4n) is 2.53. The zero-order chi connectivity index (χ0) is 17.6. The third-order valence-electron chi connectivity index (χ3n) is 3.85. The number of benzene rings is 1. The average Bonchev–Trinajstić information content (AvgIpc) is 2.68. The summed E-state index contributed by atoms with van der Waals surface area (Å²) in [6, 6.07) is 10.4. The molecule has 1 saturated heterocycles. The monoisotopic (exact) mass is 341 g/mol. The van der Waals surface area contributed by atoms with Crippen LogP contribution in [0, 0.1) is 0 Å². The van der Waals surface area contributed by atoms with Crippen LogP contribution < -0.4 is 5.32 Å². The van der Waals surface area contributed by atoms with Crippen LogP contribution in [0.5, 0.6) is 0 Å². The predicted molar refractivity (Wildman–Crippen MR) is 92.0 cm³/mol. The Hall–Kier alpha value is -2.93. The van der Waals surface area contributed by atoms with Crippen molar-refractivity contribution in [3.05, 3.63) is 53.9 Å². The lowest BCUT2D eigenvalue weighted by Gasteiger charge is -2.26. The Bertz CT molecular complexity index is 755. The van der Waals surface area contributed by atoms with Crippen LogP contribution in [0.3, 0.4) is 0 Å². The minimum Gasteiger partial charge on any atom is -0.465 e. The average molecular weight is 341 g/mol. The highest BCUT2D eigenvalue weighted by Crippen LogP contribution is 2.18. The SMILES string of the molecule is COC(=O)c1cccc(Nc2ccc(C(=O)N3CCOCC3)nc2)c1. The fourth-order valence-corrected chi connectivity index (χ4v) is 2.53. The molecule has 1 N–H and O–H groups in total. The summed E-state index contributed by atoms with van der Waals surface area (Å²) in [4.78, 5) is 29.9. The van der Waals surface area contributed by atoms with Crippen molar-refractivity contribution in [2.24, 2.45) is 0 Å². The number of hydrogen-bond acceptors (Lipinski definition) is 6. The molecule has 7 heteroatoms. The lowest BCUT2D eigenvalue weighted by atomic mass is 10.2. The molecule has 1 aromatic carbocycles. The minimum absolute atomic E-state index is 0.0949. The molecule has 7 nitrogen and oxygen atoms in total. The number of pyridine rings is 1. The van der Waals surface area contributed by atoms with Crippen LogP contribution in [-0.2, 0) is 9.47 Å². The van der Waals surface area contributed by atoms with Gasteiger partial charge in [-0.25, -0.2) is 9.78 Å². The number of carbonyl (C=O) groups excluding carboxylic acids is 2. The molecule has 1 amide bonds. The highest BCUT2D eigenvalue weighted by atomic mass is 16.5. The topological polar surface area (TPSA) is 80.8 Å². The standard InChI is InChI=1S/C18H19N3O4/c1-24-18(23)13-3-2-4-14(11-13)20-15-5-6-16(19-12-15)17(22)21-7-9-25-10-8-21/h2-6,11-12,20H,7-10H2,1H3. The normalized spacial score (nSPS) is 14.0. The van der Waals surface area contributed by atoms with Gasteiger partial charge in [0, 0.05) is 18.8 Å². The van der Waals surface area contributed by atoms with Crippen LogP contribution in [0.2, 0.25) is 0 Å². The van der Waals surface area contributed by atoms with Gasteiger partial charge in [-0.3, -0.25) is 4.79 Å². The van der Waals surface area contributed by atoms with E-state index in [0.29, 0.717) is 37.6 Å². The molecule has 1 aliphatic heterocycles. The van der Waals surface area contributed by atoms with Crippen molar-refractivity contribution in [1.29, 1.82) is 0 Å². The van der Waals surface area contributed by atoms with Crippen molar-refractivity contribution in [1.82, 2.24) is 9.88 Å². The first-order valence-electron chi connectivity index (χ1n) is 7.96. The molecule has 0 spiro atoms. The Labute approximate surface area is 145 Å². The maximum Gasteiger partial charge on any atom is 0.337 e. The number of ether oxygens (including phenoxy) is 2. The largest absolute Gasteiger partial charge is 0.465 e. The van der Waals surface area contributed by atoms with Crippen LogP contribution in [0.1, 0.15) is 20.8 Å². The first-order valence-corrected chi connectivity index (χ1v) is 7.96. The second-order valence-electron chi connectivity index (χ2n) is 5.53. The van der Waals surface area contributed by atoms with Gasteiger partial charge in [0.15, 0.2) is 0 Å². The number of methoxy groups -OCH3 is 1. The second-order valence-corrected chi connectivity index (χ2v) is 5.53. The molecule has 0 saturated carbocycles. The molecule has 2 heterocycles. The van der Waals surface area contributed by atoms with E-state index in [1.807, 2.05) is 6.07 Å². The van der Waals surface area contributed by atoms with E-state index in [0.717, 1.165) is 11.4 Å². The van der Waals surface area contributed by atoms with Gasteiger partial charge in [-0.1, -0.05) is 6.07 Å². The summed E-state index contributed by atoms with van der Waals surface area (Å²) < 4.78 is 9.96. The number of carbonyl (C=O) groups is 2. The molecule has 0 bridgehead atoms. The first-order chi connectivity index (χ1) is 12.2. The molecule has 1 fully saturated rings. The fraction of sp³-hybridized carbons (Fsp3) is 0.278. The summed E-state index contributed by atoms with van der Waals surface area (Å²) in [6.45, 7) is 2.28. The van der Waals surface area contributed by atoms with E-state index in [4.69, 9.17) is 9.47 Å². The van der Waals surface area contributed by atoms with Gasteiger partial charge in [-0.05, 0) is 30.3 Å². The minimum atomic E-state index is -0.395. The van der Waals surface area contributed by atoms with E-state index in [2.05, 4.69) is 10.3 Å². The Balaban J connectivity index is 1.68. The summed E-state index contributed by atoms with van der Waals surface area (Å²) in [5, 5.41) is 3.15. The Morgan fingerprint density at radius 2 is 1.96 bits per heavy atom. The van der Waals surface area contributed by atoms with Gasteiger partial charge in [0.2, 0.25) is 0 Å². The number of aromatic nitrogens is 1. The molecular weight excluding hydrogens is 322 g/mol. The number of morpholine rings is 1. The molecule has 130 valence electrons.